The van der Waals surface area contributed by atoms with Crippen LogP contribution in [0, 0.1) is 0 Å². The van der Waals surface area contributed by atoms with E-state index in [1.807, 2.05) is 5.38 Å². The minimum atomic E-state index is 0. The van der Waals surface area contributed by atoms with Crippen molar-refractivity contribution in [1.82, 2.24) is 15.6 Å². The van der Waals surface area contributed by atoms with Crippen molar-refractivity contribution in [1.29, 1.82) is 0 Å². The maximum Gasteiger partial charge on any atom is 0.226 e. The molecule has 0 spiro atoms. The van der Waals surface area contributed by atoms with E-state index in [4.69, 9.17) is 0 Å². The number of hydrogen-bond acceptors (Lipinski definition) is 4. The highest BCUT2D eigenvalue weighted by molar-refractivity contribution is 7.09. The zero-order valence-corrected chi connectivity index (χ0v) is 18.0. The molecule has 1 aromatic rings. The summed E-state index contributed by atoms with van der Waals surface area (Å²) in [6.45, 7) is 8.00. The molecule has 25 heavy (non-hydrogen) atoms. The van der Waals surface area contributed by atoms with Crippen LogP contribution >= 0.6 is 36.2 Å². The summed E-state index contributed by atoms with van der Waals surface area (Å²) >= 11 is 1.64. The van der Waals surface area contributed by atoms with Crippen LogP contribution in [0.25, 0.3) is 0 Å². The minimum absolute atomic E-state index is 0. The molecule has 2 rings (SSSR count). The van der Waals surface area contributed by atoms with E-state index in [1.165, 1.54) is 38.5 Å². The van der Waals surface area contributed by atoms with Crippen molar-refractivity contribution in [3.8, 4) is 0 Å². The van der Waals surface area contributed by atoms with Crippen molar-refractivity contribution in [3.05, 3.63) is 16.1 Å². The van der Waals surface area contributed by atoms with Crippen LogP contribution < -0.4 is 10.6 Å². The lowest BCUT2D eigenvalue weighted by Crippen LogP contribution is -2.37. The standard InChI is InChI=1S/C18H31N3OS.2ClH/c1-18(2,3)17-21-15(13-23-17)12-16(22)20-11-10-19-14-8-6-4-5-7-9-14;;/h13-14,19H,4-12H2,1-3H3,(H,20,22);2*1H. The van der Waals surface area contributed by atoms with E-state index in [2.05, 4.69) is 36.4 Å². The Morgan fingerprint density at radius 2 is 1.80 bits per heavy atom. The third-order valence-electron chi connectivity index (χ3n) is 4.27. The molecule has 1 aliphatic rings. The highest BCUT2D eigenvalue weighted by atomic mass is 35.5. The summed E-state index contributed by atoms with van der Waals surface area (Å²) in [5.41, 5.74) is 0.941. The van der Waals surface area contributed by atoms with Crippen LogP contribution in [-0.4, -0.2) is 30.0 Å². The van der Waals surface area contributed by atoms with E-state index in [0.717, 1.165) is 17.2 Å². The third-order valence-corrected chi connectivity index (χ3v) is 5.59. The lowest BCUT2D eigenvalue weighted by molar-refractivity contribution is -0.120. The van der Waals surface area contributed by atoms with Gasteiger partial charge in [0.1, 0.15) is 0 Å². The highest BCUT2D eigenvalue weighted by Crippen LogP contribution is 2.25. The van der Waals surface area contributed by atoms with Crippen molar-refractivity contribution >= 4 is 42.1 Å². The van der Waals surface area contributed by atoms with Crippen molar-refractivity contribution in [2.24, 2.45) is 0 Å². The van der Waals surface area contributed by atoms with Gasteiger partial charge in [0.2, 0.25) is 5.91 Å². The van der Waals surface area contributed by atoms with E-state index >= 15 is 0 Å². The van der Waals surface area contributed by atoms with Crippen molar-refractivity contribution in [3.63, 3.8) is 0 Å². The molecule has 0 aliphatic heterocycles. The molecule has 0 saturated heterocycles. The molecule has 0 bridgehead atoms. The fraction of sp³-hybridized carbons (Fsp3) is 0.778. The molecule has 2 N–H and O–H groups in total. The second-order valence-corrected chi connectivity index (χ2v) is 8.42. The molecule has 0 unspecified atom stereocenters. The highest BCUT2D eigenvalue weighted by Gasteiger charge is 2.18. The SMILES string of the molecule is CC(C)(C)c1nc(CC(=O)NCCNC2CCCCCC2)cs1.Cl.Cl. The second-order valence-electron chi connectivity index (χ2n) is 7.56. The lowest BCUT2D eigenvalue weighted by Gasteiger charge is -2.16. The largest absolute Gasteiger partial charge is 0.354 e. The number of amides is 1. The number of carbonyl (C=O) groups is 1. The Morgan fingerprint density at radius 1 is 1.16 bits per heavy atom. The van der Waals surface area contributed by atoms with Crippen LogP contribution in [0.4, 0.5) is 0 Å². The van der Waals surface area contributed by atoms with E-state index in [0.29, 0.717) is 19.0 Å². The van der Waals surface area contributed by atoms with Gasteiger partial charge in [-0.2, -0.15) is 0 Å². The van der Waals surface area contributed by atoms with Gasteiger partial charge in [0, 0.05) is 29.9 Å². The molecular formula is C18H33Cl2N3OS. The number of hydrogen-bond donors (Lipinski definition) is 2. The summed E-state index contributed by atoms with van der Waals surface area (Å²) in [6, 6.07) is 0.641. The van der Waals surface area contributed by atoms with Crippen LogP contribution in [0.1, 0.15) is 70.0 Å². The Balaban J connectivity index is 0.00000288. The summed E-state index contributed by atoms with van der Waals surface area (Å²) in [5, 5.41) is 9.67. The van der Waals surface area contributed by atoms with E-state index in [1.54, 1.807) is 11.3 Å². The molecule has 1 aromatic heterocycles. The fourth-order valence-electron chi connectivity index (χ4n) is 2.92. The number of aromatic nitrogens is 1. The van der Waals surface area contributed by atoms with Crippen molar-refractivity contribution in [2.75, 3.05) is 13.1 Å². The number of thiazole rings is 1. The van der Waals surface area contributed by atoms with Crippen LogP contribution in [-0.2, 0) is 16.6 Å². The Morgan fingerprint density at radius 3 is 2.36 bits per heavy atom. The maximum absolute atomic E-state index is 12.0. The van der Waals surface area contributed by atoms with Gasteiger partial charge in [-0.15, -0.1) is 36.2 Å². The Bertz CT molecular complexity index is 495. The Hall–Kier alpha value is -0.360. The molecule has 1 amide bonds. The molecule has 7 heteroatoms. The van der Waals surface area contributed by atoms with Crippen molar-refractivity contribution < 1.29 is 4.79 Å². The van der Waals surface area contributed by atoms with Crippen LogP contribution in [0.3, 0.4) is 0 Å². The van der Waals surface area contributed by atoms with Gasteiger partial charge in [-0.25, -0.2) is 4.98 Å². The molecule has 0 aromatic carbocycles. The van der Waals surface area contributed by atoms with Gasteiger partial charge < -0.3 is 10.6 Å². The van der Waals surface area contributed by atoms with Crippen LogP contribution in [0.15, 0.2) is 5.38 Å². The summed E-state index contributed by atoms with van der Waals surface area (Å²) in [6.07, 6.45) is 8.37. The predicted octanol–water partition coefficient (Wildman–Crippen LogP) is 4.26. The van der Waals surface area contributed by atoms with Gasteiger partial charge in [0.15, 0.2) is 0 Å². The molecular weight excluding hydrogens is 377 g/mol. The number of rotatable bonds is 6. The van der Waals surface area contributed by atoms with E-state index < -0.39 is 0 Å². The first kappa shape index (κ1) is 24.6. The summed E-state index contributed by atoms with van der Waals surface area (Å²) < 4.78 is 0. The number of nitrogens with one attached hydrogen (secondary N) is 2. The van der Waals surface area contributed by atoms with Gasteiger partial charge in [0.05, 0.1) is 17.1 Å². The number of carbonyl (C=O) groups excluding carboxylic acids is 1. The number of halogens is 2. The van der Waals surface area contributed by atoms with Crippen LogP contribution in [0.2, 0.25) is 0 Å². The number of nitrogens with zero attached hydrogens (tertiary/aromatic N) is 1. The third kappa shape index (κ3) is 9.23. The zero-order chi connectivity index (χ0) is 16.7. The molecule has 146 valence electrons. The molecule has 0 atom stereocenters. The summed E-state index contributed by atoms with van der Waals surface area (Å²) in [7, 11) is 0. The van der Waals surface area contributed by atoms with Gasteiger partial charge in [-0.3, -0.25) is 4.79 Å². The van der Waals surface area contributed by atoms with Gasteiger partial charge in [0.25, 0.3) is 0 Å². The average Bonchev–Trinajstić information content (AvgIpc) is 2.80. The topological polar surface area (TPSA) is 54.0 Å². The smallest absolute Gasteiger partial charge is 0.226 e. The first-order chi connectivity index (χ1) is 10.9. The average molecular weight is 410 g/mol. The Labute approximate surface area is 168 Å². The molecule has 0 radical (unpaired) electrons. The first-order valence-electron chi connectivity index (χ1n) is 8.90. The van der Waals surface area contributed by atoms with E-state index in [-0.39, 0.29) is 36.1 Å². The normalized spacial score (nSPS) is 15.6. The monoisotopic (exact) mass is 409 g/mol. The Kier molecular flexibility index (Phi) is 11.9. The molecule has 1 saturated carbocycles. The molecule has 4 nitrogen and oxygen atoms in total. The zero-order valence-electron chi connectivity index (χ0n) is 15.6. The molecule has 1 aliphatic carbocycles. The van der Waals surface area contributed by atoms with E-state index in [9.17, 15) is 4.79 Å². The summed E-state index contributed by atoms with van der Waals surface area (Å²) in [4.78, 5) is 16.6. The second kappa shape index (κ2) is 12.1. The van der Waals surface area contributed by atoms with Gasteiger partial charge in [-0.05, 0) is 12.8 Å². The fourth-order valence-corrected chi connectivity index (χ4v) is 3.83. The van der Waals surface area contributed by atoms with Crippen molar-refractivity contribution in [2.45, 2.75) is 77.2 Å². The summed E-state index contributed by atoms with van der Waals surface area (Å²) in [5.74, 6) is 0.0680. The molecule has 1 fully saturated rings. The van der Waals surface area contributed by atoms with Gasteiger partial charge >= 0.3 is 0 Å². The lowest BCUT2D eigenvalue weighted by atomic mass is 9.98. The quantitative estimate of drug-likeness (QED) is 0.544. The minimum Gasteiger partial charge on any atom is -0.354 e. The predicted molar refractivity (Wildman–Crippen MR) is 112 cm³/mol. The van der Waals surface area contributed by atoms with Gasteiger partial charge in [-0.1, -0.05) is 46.5 Å². The maximum atomic E-state index is 12.0. The first-order valence-corrected chi connectivity index (χ1v) is 9.78. The van der Waals surface area contributed by atoms with Crippen LogP contribution in [0.5, 0.6) is 0 Å². The molecule has 1 heterocycles.